The fraction of sp³-hybridized carbons (Fsp3) is 0.424. The van der Waals surface area contributed by atoms with Crippen LogP contribution < -0.4 is 21.0 Å². The van der Waals surface area contributed by atoms with E-state index in [9.17, 15) is 24.9 Å². The highest BCUT2D eigenvalue weighted by Gasteiger charge is 2.42. The van der Waals surface area contributed by atoms with Gasteiger partial charge in [0.2, 0.25) is 11.9 Å². The van der Waals surface area contributed by atoms with Crippen molar-refractivity contribution in [3.05, 3.63) is 78.1 Å². The summed E-state index contributed by atoms with van der Waals surface area (Å²) in [4.78, 5) is 39.3. The summed E-state index contributed by atoms with van der Waals surface area (Å²) in [6, 6.07) is 19.4. The van der Waals surface area contributed by atoms with Crippen molar-refractivity contribution in [3.63, 3.8) is 0 Å². The van der Waals surface area contributed by atoms with Crippen LogP contribution in [0, 0.1) is 0 Å². The van der Waals surface area contributed by atoms with Crippen LogP contribution in [0.15, 0.2) is 67.0 Å². The first kappa shape index (κ1) is 32.3. The third kappa shape index (κ3) is 6.76. The quantitative estimate of drug-likeness (QED) is 0.137. The smallest absolute Gasteiger partial charge is 0.273 e. The summed E-state index contributed by atoms with van der Waals surface area (Å²) in [6.07, 6.45) is -2.07. The highest BCUT2D eigenvalue weighted by molar-refractivity contribution is 5.93. The van der Waals surface area contributed by atoms with E-state index in [-0.39, 0.29) is 30.9 Å². The van der Waals surface area contributed by atoms with E-state index in [2.05, 4.69) is 45.2 Å². The lowest BCUT2D eigenvalue weighted by molar-refractivity contribution is -0.132. The Balaban J connectivity index is 1.36. The number of anilines is 2. The molecule has 0 bridgehead atoms. The molecular weight excluding hydrogens is 604 g/mol. The Labute approximate surface area is 271 Å². The van der Waals surface area contributed by atoms with Gasteiger partial charge in [0, 0.05) is 25.9 Å². The number of ether oxygens (including phenoxy) is 1. The molecular formula is C33H40N8O6. The van der Waals surface area contributed by atoms with Gasteiger partial charge in [0.25, 0.3) is 5.91 Å². The normalized spacial score (nSPS) is 24.0. The van der Waals surface area contributed by atoms with E-state index < -0.39 is 42.4 Å². The number of carbonyl (C=O) groups is 2. The van der Waals surface area contributed by atoms with E-state index in [1.807, 2.05) is 36.4 Å². The summed E-state index contributed by atoms with van der Waals surface area (Å²) >= 11 is 0. The number of likely N-dealkylation sites (N-methyl/N-ethyl adjacent to an activating group) is 1. The molecule has 3 unspecified atom stereocenters. The molecule has 14 heteroatoms. The van der Waals surface area contributed by atoms with Crippen molar-refractivity contribution in [1.82, 2.24) is 24.9 Å². The van der Waals surface area contributed by atoms with Gasteiger partial charge >= 0.3 is 0 Å². The lowest BCUT2D eigenvalue weighted by Crippen LogP contribution is -2.50. The van der Waals surface area contributed by atoms with E-state index in [0.717, 1.165) is 11.1 Å². The first-order valence-corrected chi connectivity index (χ1v) is 15.8. The molecule has 0 spiro atoms. The van der Waals surface area contributed by atoms with Crippen molar-refractivity contribution in [1.29, 1.82) is 0 Å². The molecule has 2 aromatic carbocycles. The number of rotatable bonds is 11. The Bertz CT molecular complexity index is 1650. The molecule has 2 amide bonds. The number of carbonyl (C=O) groups excluding carboxylic acids is 2. The number of fused-ring (bicyclic) bond motifs is 1. The summed E-state index contributed by atoms with van der Waals surface area (Å²) in [6.45, 7) is 3.67. The summed E-state index contributed by atoms with van der Waals surface area (Å²) in [7, 11) is 0. The summed E-state index contributed by atoms with van der Waals surface area (Å²) in [5.74, 6) is -0.202. The average Bonchev–Trinajstić information content (AvgIpc) is 3.75. The molecule has 1 aliphatic heterocycles. The second kappa shape index (κ2) is 14.0. The van der Waals surface area contributed by atoms with E-state index in [1.54, 1.807) is 6.92 Å². The summed E-state index contributed by atoms with van der Waals surface area (Å²) < 4.78 is 6.91. The maximum absolute atomic E-state index is 13.6. The molecule has 1 saturated heterocycles. The molecule has 6 atom stereocenters. The fourth-order valence-electron chi connectivity index (χ4n) is 6.35. The first-order valence-electron chi connectivity index (χ1n) is 15.8. The Morgan fingerprint density at radius 1 is 0.979 bits per heavy atom. The number of nitrogens with one attached hydrogen (secondary N) is 3. The molecule has 2 fully saturated rings. The van der Waals surface area contributed by atoms with Crippen LogP contribution in [0.5, 0.6) is 0 Å². The Morgan fingerprint density at radius 2 is 1.64 bits per heavy atom. The van der Waals surface area contributed by atoms with Crippen LogP contribution in [0.3, 0.4) is 0 Å². The number of aliphatic hydroxyl groups excluding tert-OH is 3. The Morgan fingerprint density at radius 3 is 2.23 bits per heavy atom. The van der Waals surface area contributed by atoms with Crippen LogP contribution in [0.2, 0.25) is 0 Å². The zero-order chi connectivity index (χ0) is 33.1. The van der Waals surface area contributed by atoms with Crippen LogP contribution in [0.25, 0.3) is 11.2 Å². The van der Waals surface area contributed by atoms with Gasteiger partial charge in [-0.05, 0) is 30.9 Å². The van der Waals surface area contributed by atoms with Gasteiger partial charge in [0.1, 0.15) is 18.5 Å². The Hall–Kier alpha value is -4.63. The summed E-state index contributed by atoms with van der Waals surface area (Å²) in [5.41, 5.74) is 2.92. The number of aromatic nitrogens is 4. The van der Waals surface area contributed by atoms with E-state index in [0.29, 0.717) is 36.4 Å². The van der Waals surface area contributed by atoms with Crippen molar-refractivity contribution in [2.45, 2.75) is 69.1 Å². The van der Waals surface area contributed by atoms with E-state index in [1.165, 1.54) is 22.9 Å². The topological polar surface area (TPSA) is 187 Å². The highest BCUT2D eigenvalue weighted by Crippen LogP contribution is 2.29. The maximum Gasteiger partial charge on any atom is 0.273 e. The van der Waals surface area contributed by atoms with Gasteiger partial charge in [-0.3, -0.25) is 9.59 Å². The maximum atomic E-state index is 13.6. The molecule has 6 N–H and O–H groups in total. The summed E-state index contributed by atoms with van der Waals surface area (Å²) in [5, 5.41) is 42.2. The molecule has 1 saturated carbocycles. The molecule has 3 heterocycles. The van der Waals surface area contributed by atoms with Crippen LogP contribution in [0.1, 0.15) is 43.7 Å². The zero-order valence-electron chi connectivity index (χ0n) is 26.2. The van der Waals surface area contributed by atoms with Gasteiger partial charge in [0.05, 0.1) is 24.8 Å². The van der Waals surface area contributed by atoms with Crippen molar-refractivity contribution in [3.8, 4) is 0 Å². The van der Waals surface area contributed by atoms with Gasteiger partial charge in [-0.2, -0.15) is 9.97 Å². The molecule has 2 aliphatic rings. The molecule has 14 nitrogen and oxygen atoms in total. The van der Waals surface area contributed by atoms with Crippen LogP contribution >= 0.6 is 0 Å². The average molecular weight is 645 g/mol. The predicted octanol–water partition coefficient (Wildman–Crippen LogP) is 1.12. The van der Waals surface area contributed by atoms with Gasteiger partial charge in [-0.25, -0.2) is 14.7 Å². The number of imidazole rings is 1. The van der Waals surface area contributed by atoms with Gasteiger partial charge in [0.15, 0.2) is 23.1 Å². The minimum atomic E-state index is -1.37. The third-order valence-electron chi connectivity index (χ3n) is 8.78. The van der Waals surface area contributed by atoms with E-state index >= 15 is 0 Å². The number of aliphatic hydroxyl groups is 3. The number of benzene rings is 2. The highest BCUT2D eigenvalue weighted by atomic mass is 16.5. The van der Waals surface area contributed by atoms with Gasteiger partial charge in [-0.15, -0.1) is 0 Å². The number of amides is 2. The number of nitrogens with zero attached hydrogens (tertiary/aromatic N) is 5. The minimum Gasteiger partial charge on any atom is -0.389 e. The van der Waals surface area contributed by atoms with Crippen molar-refractivity contribution < 1.29 is 29.6 Å². The first-order chi connectivity index (χ1) is 22.7. The van der Waals surface area contributed by atoms with Gasteiger partial charge < -0.3 is 36.0 Å². The van der Waals surface area contributed by atoms with Crippen molar-refractivity contribution in [2.75, 3.05) is 35.3 Å². The molecule has 4 aromatic rings. The van der Waals surface area contributed by atoms with E-state index in [4.69, 9.17) is 14.7 Å². The molecule has 0 radical (unpaired) electrons. The predicted molar refractivity (Wildman–Crippen MR) is 174 cm³/mol. The fourth-order valence-corrected chi connectivity index (χ4v) is 6.35. The molecule has 248 valence electrons. The second-order valence-electron chi connectivity index (χ2n) is 11.9. The third-order valence-corrected chi connectivity index (χ3v) is 8.78. The van der Waals surface area contributed by atoms with Crippen molar-refractivity contribution >= 4 is 34.7 Å². The van der Waals surface area contributed by atoms with Crippen LogP contribution in [0.4, 0.5) is 11.8 Å². The SMILES string of the molecule is CCN(C(=O)[C@H]1OC[C@H](O)[C@@H]1O)n1cnc2c(NCC(c3ccccc3)c3ccccc3)nc(NC3CCC(NC(C)=O)C3O)nc21. The lowest BCUT2D eigenvalue weighted by Gasteiger charge is -2.26. The monoisotopic (exact) mass is 644 g/mol. The van der Waals surface area contributed by atoms with Crippen LogP contribution in [-0.2, 0) is 14.3 Å². The zero-order valence-corrected chi connectivity index (χ0v) is 26.2. The molecule has 6 rings (SSSR count). The number of hydrogen-bond donors (Lipinski definition) is 6. The Kier molecular flexibility index (Phi) is 9.63. The second-order valence-corrected chi connectivity index (χ2v) is 11.9. The van der Waals surface area contributed by atoms with Crippen molar-refractivity contribution in [2.24, 2.45) is 0 Å². The van der Waals surface area contributed by atoms with Crippen LogP contribution in [-0.4, -0.2) is 103 Å². The lowest BCUT2D eigenvalue weighted by atomic mass is 9.91. The minimum absolute atomic E-state index is 0.0304. The number of hydrogen-bond acceptors (Lipinski definition) is 11. The molecule has 47 heavy (non-hydrogen) atoms. The largest absolute Gasteiger partial charge is 0.389 e. The standard InChI is InChI=1S/C33H40N8O6/c1-3-40(32(46)29-28(45)25(43)17-47-29)41-18-35-26-30(34-16-22(20-10-6-4-7-11-20)21-12-8-5-9-13-21)38-33(39-31(26)41)37-24-15-14-23(27(24)44)36-19(2)42/h4-13,18,22-25,27-29,43-45H,3,14-17H2,1-2H3,(H,36,42)(H2,34,37,38,39)/t23?,24?,25-,27?,28-,29-/m0/s1. The van der Waals surface area contributed by atoms with Gasteiger partial charge in [-0.1, -0.05) is 60.7 Å². The molecule has 1 aliphatic carbocycles. The molecule has 2 aromatic heterocycles.